The molecular formula is C8H16ClNO2. The van der Waals surface area contributed by atoms with Crippen molar-refractivity contribution in [2.45, 2.75) is 19.4 Å². The van der Waals surface area contributed by atoms with Crippen LogP contribution in [0.25, 0.3) is 0 Å². The number of esters is 1. The molecule has 3 nitrogen and oxygen atoms in total. The second-order valence-electron chi connectivity index (χ2n) is 3.41. The van der Waals surface area contributed by atoms with E-state index < -0.39 is 0 Å². The molecule has 1 aliphatic carbocycles. The molecule has 4 heteroatoms. The lowest BCUT2D eigenvalue weighted by Crippen LogP contribution is -2.17. The van der Waals surface area contributed by atoms with Gasteiger partial charge in [-0.3, -0.25) is 4.79 Å². The first-order valence-corrected chi connectivity index (χ1v) is 3.91. The summed E-state index contributed by atoms with van der Waals surface area (Å²) in [6, 6.07) is 0. The minimum absolute atomic E-state index is 0. The SMILES string of the molecule is CC(=O)O[C@@H]1C[C@H]1CN(C)C.Cl. The van der Waals surface area contributed by atoms with Crippen molar-refractivity contribution in [2.24, 2.45) is 5.92 Å². The van der Waals surface area contributed by atoms with Crippen LogP contribution in [0.2, 0.25) is 0 Å². The number of ether oxygens (including phenoxy) is 1. The smallest absolute Gasteiger partial charge is 0.302 e. The zero-order valence-electron chi connectivity index (χ0n) is 7.74. The Morgan fingerprint density at radius 2 is 2.17 bits per heavy atom. The number of halogens is 1. The van der Waals surface area contributed by atoms with Crippen molar-refractivity contribution in [3.63, 3.8) is 0 Å². The minimum atomic E-state index is -0.156. The van der Waals surface area contributed by atoms with Gasteiger partial charge in [0.25, 0.3) is 0 Å². The number of carbonyl (C=O) groups is 1. The zero-order valence-corrected chi connectivity index (χ0v) is 8.56. The standard InChI is InChI=1S/C8H15NO2.ClH/c1-6(10)11-8-4-7(8)5-9(2)3;/h7-8H,4-5H2,1-3H3;1H/t7-,8+;/m0./s1. The average molecular weight is 194 g/mol. The summed E-state index contributed by atoms with van der Waals surface area (Å²) in [6.07, 6.45) is 1.24. The van der Waals surface area contributed by atoms with Crippen LogP contribution in [0.1, 0.15) is 13.3 Å². The predicted molar refractivity (Wildman–Crippen MR) is 49.5 cm³/mol. The van der Waals surface area contributed by atoms with Crippen molar-refractivity contribution in [1.29, 1.82) is 0 Å². The van der Waals surface area contributed by atoms with Crippen LogP contribution < -0.4 is 0 Å². The molecule has 0 amide bonds. The number of hydrogen-bond donors (Lipinski definition) is 0. The molecule has 0 unspecified atom stereocenters. The van der Waals surface area contributed by atoms with Gasteiger partial charge >= 0.3 is 5.97 Å². The van der Waals surface area contributed by atoms with Crippen LogP contribution in [0.4, 0.5) is 0 Å². The van der Waals surface area contributed by atoms with Crippen molar-refractivity contribution in [1.82, 2.24) is 4.90 Å². The van der Waals surface area contributed by atoms with E-state index in [0.29, 0.717) is 5.92 Å². The first-order chi connectivity index (χ1) is 5.09. The lowest BCUT2D eigenvalue weighted by molar-refractivity contribution is -0.142. The Labute approximate surface area is 79.5 Å². The Balaban J connectivity index is 0.00000121. The Hall–Kier alpha value is -0.280. The molecule has 0 aromatic rings. The van der Waals surface area contributed by atoms with Gasteiger partial charge in [-0.15, -0.1) is 12.4 Å². The molecule has 0 N–H and O–H groups in total. The highest BCUT2D eigenvalue weighted by molar-refractivity contribution is 5.85. The summed E-state index contributed by atoms with van der Waals surface area (Å²) in [5, 5.41) is 0. The van der Waals surface area contributed by atoms with Crippen LogP contribution in [-0.4, -0.2) is 37.6 Å². The van der Waals surface area contributed by atoms with E-state index in [1.165, 1.54) is 6.92 Å². The molecule has 1 saturated carbocycles. The largest absolute Gasteiger partial charge is 0.462 e. The summed E-state index contributed by atoms with van der Waals surface area (Å²) in [6.45, 7) is 2.49. The molecule has 0 aliphatic heterocycles. The van der Waals surface area contributed by atoms with Gasteiger partial charge in [-0.1, -0.05) is 0 Å². The highest BCUT2D eigenvalue weighted by Gasteiger charge is 2.40. The maximum atomic E-state index is 10.5. The summed E-state index contributed by atoms with van der Waals surface area (Å²) in [5.41, 5.74) is 0. The van der Waals surface area contributed by atoms with E-state index >= 15 is 0 Å². The quantitative estimate of drug-likeness (QED) is 0.625. The van der Waals surface area contributed by atoms with E-state index in [4.69, 9.17) is 4.74 Å². The van der Waals surface area contributed by atoms with E-state index in [-0.39, 0.29) is 24.5 Å². The normalized spacial score (nSPS) is 26.3. The Morgan fingerprint density at radius 3 is 2.58 bits per heavy atom. The topological polar surface area (TPSA) is 29.5 Å². The highest BCUT2D eigenvalue weighted by atomic mass is 35.5. The molecule has 2 atom stereocenters. The van der Waals surface area contributed by atoms with E-state index in [0.717, 1.165) is 13.0 Å². The van der Waals surface area contributed by atoms with Gasteiger partial charge in [0.15, 0.2) is 0 Å². The lowest BCUT2D eigenvalue weighted by atomic mass is 10.4. The molecule has 0 heterocycles. The monoisotopic (exact) mass is 193 g/mol. The van der Waals surface area contributed by atoms with Gasteiger partial charge in [0.1, 0.15) is 6.10 Å². The third-order valence-corrected chi connectivity index (χ3v) is 1.77. The van der Waals surface area contributed by atoms with Crippen LogP contribution >= 0.6 is 12.4 Å². The molecule has 12 heavy (non-hydrogen) atoms. The number of rotatable bonds is 3. The fourth-order valence-electron chi connectivity index (χ4n) is 1.24. The van der Waals surface area contributed by atoms with E-state index in [1.54, 1.807) is 0 Å². The molecule has 72 valence electrons. The fraction of sp³-hybridized carbons (Fsp3) is 0.875. The second-order valence-corrected chi connectivity index (χ2v) is 3.41. The van der Waals surface area contributed by atoms with Gasteiger partial charge in [0, 0.05) is 19.4 Å². The van der Waals surface area contributed by atoms with Gasteiger partial charge < -0.3 is 9.64 Å². The molecule has 1 fully saturated rings. The second kappa shape index (κ2) is 4.67. The van der Waals surface area contributed by atoms with Gasteiger partial charge in [-0.25, -0.2) is 0 Å². The van der Waals surface area contributed by atoms with E-state index in [9.17, 15) is 4.79 Å². The average Bonchev–Trinajstić information content (AvgIpc) is 2.43. The van der Waals surface area contributed by atoms with Gasteiger partial charge in [0.05, 0.1) is 0 Å². The van der Waals surface area contributed by atoms with Crippen molar-refractivity contribution in [2.75, 3.05) is 20.6 Å². The molecule has 0 radical (unpaired) electrons. The van der Waals surface area contributed by atoms with Crippen LogP contribution in [0, 0.1) is 5.92 Å². The van der Waals surface area contributed by atoms with Crippen molar-refractivity contribution < 1.29 is 9.53 Å². The summed E-state index contributed by atoms with van der Waals surface area (Å²) in [5.74, 6) is 0.421. The maximum absolute atomic E-state index is 10.5. The number of nitrogens with zero attached hydrogens (tertiary/aromatic N) is 1. The molecule has 0 aromatic heterocycles. The molecule has 0 aromatic carbocycles. The van der Waals surface area contributed by atoms with Crippen molar-refractivity contribution in [3.05, 3.63) is 0 Å². The van der Waals surface area contributed by atoms with Crippen LogP contribution in [0.3, 0.4) is 0 Å². The minimum Gasteiger partial charge on any atom is -0.462 e. The lowest BCUT2D eigenvalue weighted by Gasteiger charge is -2.07. The molecule has 0 bridgehead atoms. The van der Waals surface area contributed by atoms with Crippen LogP contribution in [-0.2, 0) is 9.53 Å². The molecule has 0 spiro atoms. The highest BCUT2D eigenvalue weighted by Crippen LogP contribution is 2.33. The Morgan fingerprint density at radius 1 is 1.58 bits per heavy atom. The summed E-state index contributed by atoms with van der Waals surface area (Å²) >= 11 is 0. The van der Waals surface area contributed by atoms with Gasteiger partial charge in [0.2, 0.25) is 0 Å². The molecular weight excluding hydrogens is 178 g/mol. The van der Waals surface area contributed by atoms with Crippen LogP contribution in [0.5, 0.6) is 0 Å². The summed E-state index contributed by atoms with van der Waals surface area (Å²) in [4.78, 5) is 12.6. The fourth-order valence-corrected chi connectivity index (χ4v) is 1.24. The molecule has 1 aliphatic rings. The molecule has 0 saturated heterocycles. The third kappa shape index (κ3) is 3.93. The maximum Gasteiger partial charge on any atom is 0.302 e. The van der Waals surface area contributed by atoms with Gasteiger partial charge in [-0.2, -0.15) is 0 Å². The number of carbonyl (C=O) groups excluding carboxylic acids is 1. The third-order valence-electron chi connectivity index (χ3n) is 1.77. The predicted octanol–water partition coefficient (Wildman–Crippen LogP) is 0.921. The zero-order chi connectivity index (χ0) is 8.43. The summed E-state index contributed by atoms with van der Waals surface area (Å²) in [7, 11) is 4.06. The number of hydrogen-bond acceptors (Lipinski definition) is 3. The first-order valence-electron chi connectivity index (χ1n) is 3.91. The Bertz CT molecular complexity index is 161. The van der Waals surface area contributed by atoms with E-state index in [1.807, 2.05) is 14.1 Å². The van der Waals surface area contributed by atoms with Crippen molar-refractivity contribution >= 4 is 18.4 Å². The Kier molecular flexibility index (Phi) is 4.57. The first kappa shape index (κ1) is 11.7. The van der Waals surface area contributed by atoms with Crippen molar-refractivity contribution in [3.8, 4) is 0 Å². The summed E-state index contributed by atoms with van der Waals surface area (Å²) < 4.78 is 5.01. The van der Waals surface area contributed by atoms with E-state index in [2.05, 4.69) is 4.90 Å². The van der Waals surface area contributed by atoms with Crippen LogP contribution in [0.15, 0.2) is 0 Å². The van der Waals surface area contributed by atoms with Gasteiger partial charge in [-0.05, 0) is 20.5 Å². The molecule has 1 rings (SSSR count).